The fraction of sp³-hybridized carbons (Fsp3) is 0. The Morgan fingerprint density at radius 2 is 1.48 bits per heavy atom. The minimum atomic E-state index is -1.26. The molecule has 6 nitrogen and oxygen atoms in total. The number of hydrogen-bond donors (Lipinski definition) is 2. The van der Waals surface area contributed by atoms with E-state index in [1.807, 2.05) is 12.1 Å². The minimum absolute atomic E-state index is 0. The molecule has 0 saturated carbocycles. The molecule has 7 heteroatoms. The molecule has 0 aliphatic carbocycles. The van der Waals surface area contributed by atoms with E-state index in [0.29, 0.717) is 11.3 Å². The van der Waals surface area contributed by atoms with Crippen molar-refractivity contribution in [1.29, 1.82) is 10.5 Å². The SMILES string of the molecule is N#Cc1ccc(NC(=O)c2cc(C#N)ccc2C(=O)O)cc1.[NaH]. The summed E-state index contributed by atoms with van der Waals surface area (Å²) in [6.45, 7) is 0. The first kappa shape index (κ1) is 18.4. The van der Waals surface area contributed by atoms with Gasteiger partial charge in [0.05, 0.1) is 34.4 Å². The van der Waals surface area contributed by atoms with Gasteiger partial charge in [-0.05, 0) is 42.5 Å². The number of carboxylic acids is 1. The number of carbonyl (C=O) groups excluding carboxylic acids is 1. The second-order valence-corrected chi connectivity index (χ2v) is 4.32. The summed E-state index contributed by atoms with van der Waals surface area (Å²) in [6.07, 6.45) is 0. The van der Waals surface area contributed by atoms with E-state index < -0.39 is 11.9 Å². The maximum atomic E-state index is 12.2. The molecule has 0 aromatic heterocycles. The van der Waals surface area contributed by atoms with Gasteiger partial charge in [0.15, 0.2) is 0 Å². The van der Waals surface area contributed by atoms with Gasteiger partial charge in [0.25, 0.3) is 5.91 Å². The van der Waals surface area contributed by atoms with Crippen molar-refractivity contribution in [2.75, 3.05) is 5.32 Å². The summed E-state index contributed by atoms with van der Waals surface area (Å²) < 4.78 is 0. The van der Waals surface area contributed by atoms with Gasteiger partial charge in [-0.15, -0.1) is 0 Å². The summed E-state index contributed by atoms with van der Waals surface area (Å²) in [6, 6.07) is 13.7. The number of aromatic carboxylic acids is 1. The summed E-state index contributed by atoms with van der Waals surface area (Å²) in [4.78, 5) is 23.4. The monoisotopic (exact) mass is 315 g/mol. The third-order valence-electron chi connectivity index (χ3n) is 2.90. The number of benzene rings is 2. The van der Waals surface area contributed by atoms with Crippen molar-refractivity contribution < 1.29 is 14.7 Å². The summed E-state index contributed by atoms with van der Waals surface area (Å²) in [5, 5.41) is 29.2. The van der Waals surface area contributed by atoms with E-state index in [2.05, 4.69) is 5.32 Å². The van der Waals surface area contributed by atoms with E-state index in [0.717, 1.165) is 0 Å². The Hall–Kier alpha value is -2.64. The summed E-state index contributed by atoms with van der Waals surface area (Å²) in [5.41, 5.74) is 0.759. The average molecular weight is 315 g/mol. The van der Waals surface area contributed by atoms with Crippen LogP contribution >= 0.6 is 0 Å². The molecular formula is C16H10N3NaO3. The van der Waals surface area contributed by atoms with E-state index >= 15 is 0 Å². The Morgan fingerprint density at radius 1 is 0.913 bits per heavy atom. The summed E-state index contributed by atoms with van der Waals surface area (Å²) in [5.74, 6) is -1.89. The van der Waals surface area contributed by atoms with E-state index in [1.54, 1.807) is 0 Å². The average Bonchev–Trinajstić information content (AvgIpc) is 2.54. The number of nitrogens with zero attached hydrogens (tertiary/aromatic N) is 2. The first-order valence-corrected chi connectivity index (χ1v) is 6.14. The first-order chi connectivity index (χ1) is 10.5. The van der Waals surface area contributed by atoms with Crippen LogP contribution in [-0.4, -0.2) is 46.5 Å². The van der Waals surface area contributed by atoms with Gasteiger partial charge in [0, 0.05) is 5.69 Å². The number of hydrogen-bond acceptors (Lipinski definition) is 4. The van der Waals surface area contributed by atoms with Crippen LogP contribution in [-0.2, 0) is 0 Å². The molecule has 0 aliphatic heterocycles. The number of anilines is 1. The molecule has 0 radical (unpaired) electrons. The van der Waals surface area contributed by atoms with Crippen LogP contribution < -0.4 is 5.32 Å². The number of nitriles is 2. The van der Waals surface area contributed by atoms with Crippen molar-refractivity contribution in [3.8, 4) is 12.1 Å². The van der Waals surface area contributed by atoms with Crippen LogP contribution in [0, 0.1) is 22.7 Å². The number of amides is 1. The molecule has 0 unspecified atom stereocenters. The van der Waals surface area contributed by atoms with Crippen molar-refractivity contribution in [2.45, 2.75) is 0 Å². The van der Waals surface area contributed by atoms with Crippen molar-refractivity contribution in [3.63, 3.8) is 0 Å². The zero-order valence-electron chi connectivity index (χ0n) is 11.2. The number of nitrogens with one attached hydrogen (secondary N) is 1. The number of carboxylic acid groups (broad SMARTS) is 1. The van der Waals surface area contributed by atoms with Crippen molar-refractivity contribution in [3.05, 3.63) is 64.7 Å². The molecular weight excluding hydrogens is 305 g/mol. The predicted molar refractivity (Wildman–Crippen MR) is 84.4 cm³/mol. The number of rotatable bonds is 3. The van der Waals surface area contributed by atoms with Crippen molar-refractivity contribution in [1.82, 2.24) is 0 Å². The van der Waals surface area contributed by atoms with Crippen LogP contribution in [0.25, 0.3) is 0 Å². The fourth-order valence-electron chi connectivity index (χ4n) is 1.81. The summed E-state index contributed by atoms with van der Waals surface area (Å²) >= 11 is 0. The van der Waals surface area contributed by atoms with Gasteiger partial charge < -0.3 is 10.4 Å². The number of carbonyl (C=O) groups is 2. The van der Waals surface area contributed by atoms with Gasteiger partial charge in [0.1, 0.15) is 0 Å². The molecule has 2 aromatic rings. The topological polar surface area (TPSA) is 114 Å². The van der Waals surface area contributed by atoms with Crippen LogP contribution in [0.4, 0.5) is 5.69 Å². The molecule has 0 atom stereocenters. The van der Waals surface area contributed by atoms with Gasteiger partial charge in [-0.25, -0.2) is 4.79 Å². The van der Waals surface area contributed by atoms with E-state index in [9.17, 15) is 9.59 Å². The van der Waals surface area contributed by atoms with Crippen molar-refractivity contribution >= 4 is 47.1 Å². The van der Waals surface area contributed by atoms with Crippen LogP contribution in [0.2, 0.25) is 0 Å². The van der Waals surface area contributed by atoms with Crippen LogP contribution in [0.15, 0.2) is 42.5 Å². The van der Waals surface area contributed by atoms with Crippen LogP contribution in [0.3, 0.4) is 0 Å². The Balaban J connectivity index is 0.00000264. The molecule has 0 fully saturated rings. The third-order valence-corrected chi connectivity index (χ3v) is 2.90. The second-order valence-electron chi connectivity index (χ2n) is 4.32. The molecule has 0 saturated heterocycles. The Bertz CT molecular complexity index is 833. The van der Waals surface area contributed by atoms with E-state index in [4.69, 9.17) is 15.6 Å². The Morgan fingerprint density at radius 3 is 2.00 bits per heavy atom. The zero-order valence-corrected chi connectivity index (χ0v) is 11.2. The van der Waals surface area contributed by atoms with E-state index in [-0.39, 0.29) is 46.2 Å². The molecule has 0 aliphatic rings. The third kappa shape index (κ3) is 4.41. The first-order valence-electron chi connectivity index (χ1n) is 6.14. The van der Waals surface area contributed by atoms with Crippen LogP contribution in [0.5, 0.6) is 0 Å². The van der Waals surface area contributed by atoms with Gasteiger partial charge in [-0.1, -0.05) is 0 Å². The maximum absolute atomic E-state index is 12.2. The van der Waals surface area contributed by atoms with Gasteiger partial charge in [-0.2, -0.15) is 10.5 Å². The molecule has 23 heavy (non-hydrogen) atoms. The van der Waals surface area contributed by atoms with Crippen molar-refractivity contribution in [2.24, 2.45) is 0 Å². The van der Waals surface area contributed by atoms with Gasteiger partial charge in [-0.3, -0.25) is 4.79 Å². The zero-order chi connectivity index (χ0) is 16.1. The fourth-order valence-corrected chi connectivity index (χ4v) is 1.81. The predicted octanol–water partition coefficient (Wildman–Crippen LogP) is 1.73. The molecule has 0 spiro atoms. The normalized spacial score (nSPS) is 8.96. The van der Waals surface area contributed by atoms with Gasteiger partial charge >= 0.3 is 35.5 Å². The Kier molecular flexibility index (Phi) is 6.49. The second kappa shape index (κ2) is 8.11. The molecule has 0 bridgehead atoms. The standard InChI is InChI=1S/C16H9N3O3.Na.H/c17-8-10-1-4-12(5-2-10)19-15(20)14-7-11(9-18)3-6-13(14)16(21)22;;/h1-7H,(H,19,20)(H,21,22);;. The molecule has 2 N–H and O–H groups in total. The quantitative estimate of drug-likeness (QED) is 0.837. The van der Waals surface area contributed by atoms with Gasteiger partial charge in [0.2, 0.25) is 0 Å². The molecule has 2 aromatic carbocycles. The van der Waals surface area contributed by atoms with Crippen LogP contribution in [0.1, 0.15) is 31.8 Å². The van der Waals surface area contributed by atoms with E-state index in [1.165, 1.54) is 42.5 Å². The molecule has 2 rings (SSSR count). The summed E-state index contributed by atoms with van der Waals surface area (Å²) in [7, 11) is 0. The molecule has 1 amide bonds. The Labute approximate surface area is 154 Å². The molecule has 108 valence electrons. The molecule has 0 heterocycles.